The SMILES string of the molecule is CCC=C(C)CC(CC)CCC. The molecule has 0 nitrogen and oxygen atoms in total. The van der Waals surface area contributed by atoms with Crippen LogP contribution >= 0.6 is 0 Å². The molecule has 0 aromatic heterocycles. The van der Waals surface area contributed by atoms with E-state index in [1.54, 1.807) is 5.57 Å². The first-order chi connectivity index (χ1) is 5.74. The zero-order valence-electron chi connectivity index (χ0n) is 9.19. The van der Waals surface area contributed by atoms with Crippen LogP contribution < -0.4 is 0 Å². The second kappa shape index (κ2) is 7.39. The van der Waals surface area contributed by atoms with Crippen LogP contribution in [0.3, 0.4) is 0 Å². The van der Waals surface area contributed by atoms with E-state index in [1.165, 1.54) is 32.1 Å². The fourth-order valence-corrected chi connectivity index (χ4v) is 1.75. The fourth-order valence-electron chi connectivity index (χ4n) is 1.75. The minimum absolute atomic E-state index is 0.929. The highest BCUT2D eigenvalue weighted by atomic mass is 14.1. The van der Waals surface area contributed by atoms with Crippen molar-refractivity contribution in [1.82, 2.24) is 0 Å². The third-order valence-electron chi connectivity index (χ3n) is 2.44. The zero-order chi connectivity index (χ0) is 9.40. The molecular weight excluding hydrogens is 144 g/mol. The van der Waals surface area contributed by atoms with Gasteiger partial charge in [-0.2, -0.15) is 0 Å². The Hall–Kier alpha value is -0.260. The summed E-state index contributed by atoms with van der Waals surface area (Å²) in [4.78, 5) is 0. The topological polar surface area (TPSA) is 0 Å². The summed E-state index contributed by atoms with van der Waals surface area (Å²) in [6.45, 7) is 9.06. The molecule has 1 unspecified atom stereocenters. The second-order valence-corrected chi connectivity index (χ2v) is 3.73. The largest absolute Gasteiger partial charge is 0.0859 e. The van der Waals surface area contributed by atoms with E-state index < -0.39 is 0 Å². The van der Waals surface area contributed by atoms with E-state index in [2.05, 4.69) is 33.8 Å². The molecular formula is C12H24. The normalized spacial score (nSPS) is 14.8. The predicted octanol–water partition coefficient (Wildman–Crippen LogP) is 4.56. The van der Waals surface area contributed by atoms with Crippen LogP contribution in [0.4, 0.5) is 0 Å². The van der Waals surface area contributed by atoms with Crippen LogP contribution in [0.1, 0.15) is 59.8 Å². The predicted molar refractivity (Wildman–Crippen MR) is 57.4 cm³/mol. The van der Waals surface area contributed by atoms with Gasteiger partial charge in [-0.15, -0.1) is 0 Å². The van der Waals surface area contributed by atoms with Gasteiger partial charge >= 0.3 is 0 Å². The third kappa shape index (κ3) is 5.40. The van der Waals surface area contributed by atoms with Crippen molar-refractivity contribution in [2.75, 3.05) is 0 Å². The summed E-state index contributed by atoms with van der Waals surface area (Å²) in [5, 5.41) is 0. The molecule has 0 radical (unpaired) electrons. The van der Waals surface area contributed by atoms with Crippen molar-refractivity contribution in [1.29, 1.82) is 0 Å². The van der Waals surface area contributed by atoms with Crippen molar-refractivity contribution in [3.8, 4) is 0 Å². The van der Waals surface area contributed by atoms with Crippen LogP contribution in [0.15, 0.2) is 11.6 Å². The molecule has 0 saturated carbocycles. The number of rotatable bonds is 6. The van der Waals surface area contributed by atoms with Crippen molar-refractivity contribution in [2.45, 2.75) is 59.8 Å². The minimum Gasteiger partial charge on any atom is -0.0859 e. The molecule has 1 atom stereocenters. The van der Waals surface area contributed by atoms with Crippen molar-refractivity contribution in [2.24, 2.45) is 5.92 Å². The van der Waals surface area contributed by atoms with Crippen molar-refractivity contribution in [3.05, 3.63) is 11.6 Å². The van der Waals surface area contributed by atoms with E-state index in [0.29, 0.717) is 0 Å². The van der Waals surface area contributed by atoms with Gasteiger partial charge in [-0.05, 0) is 25.7 Å². The Balaban J connectivity index is 3.76. The summed E-state index contributed by atoms with van der Waals surface area (Å²) in [7, 11) is 0. The molecule has 72 valence electrons. The highest BCUT2D eigenvalue weighted by Crippen LogP contribution is 2.20. The standard InChI is InChI=1S/C12H24/c1-5-8-11(4)10-12(7-3)9-6-2/h8,12H,5-7,9-10H2,1-4H3. The van der Waals surface area contributed by atoms with Crippen molar-refractivity contribution < 1.29 is 0 Å². The van der Waals surface area contributed by atoms with Crippen LogP contribution in [0.25, 0.3) is 0 Å². The first kappa shape index (κ1) is 11.7. The highest BCUT2D eigenvalue weighted by molar-refractivity contribution is 4.98. The van der Waals surface area contributed by atoms with E-state index in [9.17, 15) is 0 Å². The fraction of sp³-hybridized carbons (Fsp3) is 0.833. The Kier molecular flexibility index (Phi) is 7.23. The smallest absolute Gasteiger partial charge is 0.0295 e. The van der Waals surface area contributed by atoms with E-state index in [0.717, 1.165) is 5.92 Å². The zero-order valence-corrected chi connectivity index (χ0v) is 9.19. The van der Waals surface area contributed by atoms with E-state index in [4.69, 9.17) is 0 Å². The van der Waals surface area contributed by atoms with E-state index >= 15 is 0 Å². The Labute approximate surface area is 78.1 Å². The number of hydrogen-bond donors (Lipinski definition) is 0. The molecule has 0 aliphatic heterocycles. The molecule has 0 aliphatic rings. The van der Waals surface area contributed by atoms with Crippen LogP contribution in [-0.2, 0) is 0 Å². The van der Waals surface area contributed by atoms with Crippen LogP contribution in [0.2, 0.25) is 0 Å². The van der Waals surface area contributed by atoms with Gasteiger partial charge < -0.3 is 0 Å². The Bertz CT molecular complexity index is 122. The van der Waals surface area contributed by atoms with Gasteiger partial charge in [-0.25, -0.2) is 0 Å². The Morgan fingerprint density at radius 1 is 1.25 bits per heavy atom. The molecule has 0 aliphatic carbocycles. The first-order valence-electron chi connectivity index (χ1n) is 5.40. The molecule has 0 spiro atoms. The maximum atomic E-state index is 2.36. The van der Waals surface area contributed by atoms with Gasteiger partial charge in [0.05, 0.1) is 0 Å². The lowest BCUT2D eigenvalue weighted by Gasteiger charge is -2.13. The van der Waals surface area contributed by atoms with E-state index in [-0.39, 0.29) is 0 Å². The Morgan fingerprint density at radius 3 is 2.33 bits per heavy atom. The lowest BCUT2D eigenvalue weighted by Crippen LogP contribution is -1.98. The Morgan fingerprint density at radius 2 is 1.92 bits per heavy atom. The number of hydrogen-bond acceptors (Lipinski definition) is 0. The van der Waals surface area contributed by atoms with Crippen LogP contribution in [-0.4, -0.2) is 0 Å². The molecule has 0 amide bonds. The lowest BCUT2D eigenvalue weighted by atomic mass is 9.93. The lowest BCUT2D eigenvalue weighted by molar-refractivity contribution is 0.460. The molecule has 0 rings (SSSR count). The molecule has 0 heterocycles. The monoisotopic (exact) mass is 168 g/mol. The van der Waals surface area contributed by atoms with Gasteiger partial charge in [-0.3, -0.25) is 0 Å². The van der Waals surface area contributed by atoms with Crippen LogP contribution in [0.5, 0.6) is 0 Å². The maximum Gasteiger partial charge on any atom is -0.0295 e. The summed E-state index contributed by atoms with van der Waals surface area (Å²) in [6, 6.07) is 0. The van der Waals surface area contributed by atoms with Gasteiger partial charge in [0.15, 0.2) is 0 Å². The third-order valence-corrected chi connectivity index (χ3v) is 2.44. The molecule has 0 aromatic carbocycles. The van der Waals surface area contributed by atoms with Crippen LogP contribution in [0, 0.1) is 5.92 Å². The van der Waals surface area contributed by atoms with Gasteiger partial charge in [-0.1, -0.05) is 51.7 Å². The highest BCUT2D eigenvalue weighted by Gasteiger charge is 2.04. The quantitative estimate of drug-likeness (QED) is 0.510. The van der Waals surface area contributed by atoms with Gasteiger partial charge in [0.25, 0.3) is 0 Å². The average Bonchev–Trinajstić information content (AvgIpc) is 2.04. The van der Waals surface area contributed by atoms with Gasteiger partial charge in [0.1, 0.15) is 0 Å². The summed E-state index contributed by atoms with van der Waals surface area (Å²) < 4.78 is 0. The number of allylic oxidation sites excluding steroid dienone is 2. The molecule has 12 heavy (non-hydrogen) atoms. The second-order valence-electron chi connectivity index (χ2n) is 3.73. The molecule has 0 N–H and O–H groups in total. The summed E-state index contributed by atoms with van der Waals surface area (Å²) in [6.07, 6.45) is 8.93. The molecule has 0 saturated heterocycles. The first-order valence-corrected chi connectivity index (χ1v) is 5.40. The minimum atomic E-state index is 0.929. The summed E-state index contributed by atoms with van der Waals surface area (Å²) in [5.41, 5.74) is 1.58. The van der Waals surface area contributed by atoms with Crippen molar-refractivity contribution >= 4 is 0 Å². The summed E-state index contributed by atoms with van der Waals surface area (Å²) >= 11 is 0. The molecule has 0 fully saturated rings. The average molecular weight is 168 g/mol. The van der Waals surface area contributed by atoms with E-state index in [1.807, 2.05) is 0 Å². The molecule has 0 bridgehead atoms. The van der Waals surface area contributed by atoms with Gasteiger partial charge in [0, 0.05) is 0 Å². The maximum absolute atomic E-state index is 2.36. The van der Waals surface area contributed by atoms with Gasteiger partial charge in [0.2, 0.25) is 0 Å². The van der Waals surface area contributed by atoms with Crippen molar-refractivity contribution in [3.63, 3.8) is 0 Å². The molecule has 0 aromatic rings. The summed E-state index contributed by atoms with van der Waals surface area (Å²) in [5.74, 6) is 0.929. The molecule has 0 heteroatoms.